The van der Waals surface area contributed by atoms with E-state index >= 15 is 0 Å². The molecule has 0 spiro atoms. The Morgan fingerprint density at radius 1 is 1.31 bits per heavy atom. The fourth-order valence-corrected chi connectivity index (χ4v) is 2.47. The van der Waals surface area contributed by atoms with Crippen LogP contribution in [-0.4, -0.2) is 0 Å². The highest BCUT2D eigenvalue weighted by molar-refractivity contribution is 7.07. The third-order valence-corrected chi connectivity index (χ3v) is 3.71. The van der Waals surface area contributed by atoms with Gasteiger partial charge >= 0.3 is 0 Å². The van der Waals surface area contributed by atoms with Crippen molar-refractivity contribution >= 4 is 28.6 Å². The van der Waals surface area contributed by atoms with Crippen LogP contribution in [0.3, 0.4) is 0 Å². The lowest BCUT2D eigenvalue weighted by Gasteiger charge is -2.14. The summed E-state index contributed by atoms with van der Waals surface area (Å²) in [5.74, 6) is 0. The molecule has 2 aromatic rings. The molecule has 3 heteroatoms. The Morgan fingerprint density at radius 3 is 2.75 bits per heavy atom. The number of rotatable bonds is 3. The summed E-state index contributed by atoms with van der Waals surface area (Å²) in [6.45, 7) is 4.16. The van der Waals surface area contributed by atoms with Crippen molar-refractivity contribution < 1.29 is 0 Å². The van der Waals surface area contributed by atoms with E-state index < -0.39 is 0 Å². The van der Waals surface area contributed by atoms with Gasteiger partial charge < -0.3 is 5.32 Å². The van der Waals surface area contributed by atoms with Crippen LogP contribution >= 0.6 is 22.9 Å². The minimum Gasteiger partial charge on any atom is -0.378 e. The Balaban J connectivity index is 2.12. The molecule has 0 aliphatic heterocycles. The second-order valence-corrected chi connectivity index (χ2v) is 5.07. The minimum absolute atomic E-state index is 0.310. The normalized spacial score (nSPS) is 12.4. The molecule has 1 N–H and O–H groups in total. The molecule has 1 aromatic heterocycles. The van der Waals surface area contributed by atoms with E-state index in [0.29, 0.717) is 6.04 Å². The average molecular weight is 252 g/mol. The number of thiophene rings is 1. The van der Waals surface area contributed by atoms with E-state index in [4.69, 9.17) is 11.6 Å². The van der Waals surface area contributed by atoms with Gasteiger partial charge in [0.1, 0.15) is 0 Å². The largest absolute Gasteiger partial charge is 0.378 e. The first-order valence-corrected chi connectivity index (χ1v) is 6.53. The molecule has 16 heavy (non-hydrogen) atoms. The first kappa shape index (κ1) is 11.5. The number of halogens is 1. The summed E-state index contributed by atoms with van der Waals surface area (Å²) in [6, 6.07) is 8.51. The molecule has 0 saturated heterocycles. The monoisotopic (exact) mass is 251 g/mol. The lowest BCUT2D eigenvalue weighted by atomic mass is 10.1. The summed E-state index contributed by atoms with van der Waals surface area (Å²) >= 11 is 7.80. The molecule has 0 radical (unpaired) electrons. The van der Waals surface area contributed by atoms with Crippen LogP contribution in [0.5, 0.6) is 0 Å². The standard InChI is InChI=1S/C13H14ClNS/c1-9-3-4-12(7-13(9)14)15-10(2)11-5-6-16-8-11/h3-8,10,15H,1-2H3. The third kappa shape index (κ3) is 2.57. The van der Waals surface area contributed by atoms with Crippen molar-refractivity contribution in [1.82, 2.24) is 0 Å². The maximum atomic E-state index is 6.08. The summed E-state index contributed by atoms with van der Waals surface area (Å²) in [4.78, 5) is 0. The quantitative estimate of drug-likeness (QED) is 0.820. The number of hydrogen-bond donors (Lipinski definition) is 1. The SMILES string of the molecule is Cc1ccc(NC(C)c2ccsc2)cc1Cl. The third-order valence-electron chi connectivity index (χ3n) is 2.60. The Labute approximate surface area is 105 Å². The molecule has 1 nitrogen and oxygen atoms in total. The Morgan fingerprint density at radius 2 is 2.12 bits per heavy atom. The topological polar surface area (TPSA) is 12.0 Å². The summed E-state index contributed by atoms with van der Waals surface area (Å²) in [5.41, 5.74) is 3.48. The highest BCUT2D eigenvalue weighted by atomic mass is 35.5. The average Bonchev–Trinajstić information content (AvgIpc) is 2.77. The Hall–Kier alpha value is -0.990. The number of nitrogens with one attached hydrogen (secondary N) is 1. The van der Waals surface area contributed by atoms with Gasteiger partial charge in [-0.2, -0.15) is 11.3 Å². The van der Waals surface area contributed by atoms with E-state index in [1.54, 1.807) is 11.3 Å². The molecule has 0 aliphatic rings. The van der Waals surface area contributed by atoms with E-state index in [-0.39, 0.29) is 0 Å². The predicted octanol–water partition coefficient (Wildman–Crippen LogP) is 4.88. The van der Waals surface area contributed by atoms with E-state index in [1.165, 1.54) is 5.56 Å². The zero-order chi connectivity index (χ0) is 11.5. The molecular formula is C13H14ClNS. The summed E-state index contributed by atoms with van der Waals surface area (Å²) in [5, 5.41) is 8.50. The molecule has 0 fully saturated rings. The van der Waals surface area contributed by atoms with Gasteiger partial charge in [-0.1, -0.05) is 17.7 Å². The lowest BCUT2D eigenvalue weighted by molar-refractivity contribution is 0.890. The number of aryl methyl sites for hydroxylation is 1. The Kier molecular flexibility index (Phi) is 3.52. The predicted molar refractivity (Wildman–Crippen MR) is 72.5 cm³/mol. The van der Waals surface area contributed by atoms with Crippen molar-refractivity contribution in [2.24, 2.45) is 0 Å². The second-order valence-electron chi connectivity index (χ2n) is 3.89. The molecule has 0 amide bonds. The highest BCUT2D eigenvalue weighted by Crippen LogP contribution is 2.24. The van der Waals surface area contributed by atoms with Crippen LogP contribution in [0.1, 0.15) is 24.1 Å². The first-order valence-electron chi connectivity index (χ1n) is 5.21. The zero-order valence-corrected chi connectivity index (χ0v) is 10.9. The number of anilines is 1. The first-order chi connectivity index (χ1) is 7.66. The number of benzene rings is 1. The second kappa shape index (κ2) is 4.89. The highest BCUT2D eigenvalue weighted by Gasteiger charge is 2.06. The van der Waals surface area contributed by atoms with Crippen LogP contribution in [0, 0.1) is 6.92 Å². The molecule has 1 atom stereocenters. The van der Waals surface area contributed by atoms with Gasteiger partial charge in [-0.05, 0) is 53.9 Å². The maximum Gasteiger partial charge on any atom is 0.0493 e. The summed E-state index contributed by atoms with van der Waals surface area (Å²) in [6.07, 6.45) is 0. The van der Waals surface area contributed by atoms with Crippen molar-refractivity contribution in [3.63, 3.8) is 0 Å². The van der Waals surface area contributed by atoms with Gasteiger partial charge in [0.2, 0.25) is 0 Å². The molecule has 0 aliphatic carbocycles. The van der Waals surface area contributed by atoms with Crippen molar-refractivity contribution in [2.75, 3.05) is 5.32 Å². The van der Waals surface area contributed by atoms with Crippen LogP contribution in [0.15, 0.2) is 35.0 Å². The van der Waals surface area contributed by atoms with Gasteiger partial charge in [-0.3, -0.25) is 0 Å². The summed E-state index contributed by atoms with van der Waals surface area (Å²) in [7, 11) is 0. The van der Waals surface area contributed by atoms with Gasteiger partial charge in [0.25, 0.3) is 0 Å². The van der Waals surface area contributed by atoms with Crippen LogP contribution in [0.25, 0.3) is 0 Å². The molecule has 84 valence electrons. The van der Waals surface area contributed by atoms with Gasteiger partial charge in [0.15, 0.2) is 0 Å². The van der Waals surface area contributed by atoms with Crippen molar-refractivity contribution in [3.05, 3.63) is 51.2 Å². The fraction of sp³-hybridized carbons (Fsp3) is 0.231. The van der Waals surface area contributed by atoms with Gasteiger partial charge in [0.05, 0.1) is 0 Å². The van der Waals surface area contributed by atoms with E-state index in [1.807, 2.05) is 19.1 Å². The van der Waals surface area contributed by atoms with Crippen molar-refractivity contribution in [3.8, 4) is 0 Å². The van der Waals surface area contributed by atoms with Crippen molar-refractivity contribution in [2.45, 2.75) is 19.9 Å². The number of hydrogen-bond acceptors (Lipinski definition) is 2. The smallest absolute Gasteiger partial charge is 0.0493 e. The van der Waals surface area contributed by atoms with E-state index in [2.05, 4.69) is 35.1 Å². The lowest BCUT2D eigenvalue weighted by Crippen LogP contribution is -2.05. The molecule has 1 aromatic carbocycles. The molecular weight excluding hydrogens is 238 g/mol. The van der Waals surface area contributed by atoms with Crippen LogP contribution in [0.2, 0.25) is 5.02 Å². The minimum atomic E-state index is 0.310. The maximum absolute atomic E-state index is 6.08. The molecule has 1 heterocycles. The fourth-order valence-electron chi connectivity index (χ4n) is 1.54. The van der Waals surface area contributed by atoms with E-state index in [9.17, 15) is 0 Å². The zero-order valence-electron chi connectivity index (χ0n) is 9.33. The van der Waals surface area contributed by atoms with Crippen molar-refractivity contribution in [1.29, 1.82) is 0 Å². The Bertz CT molecular complexity index is 465. The van der Waals surface area contributed by atoms with Gasteiger partial charge in [0, 0.05) is 16.8 Å². The molecule has 0 bridgehead atoms. The van der Waals surface area contributed by atoms with Crippen LogP contribution < -0.4 is 5.32 Å². The molecule has 2 rings (SSSR count). The molecule has 0 saturated carbocycles. The molecule has 1 unspecified atom stereocenters. The van der Waals surface area contributed by atoms with Gasteiger partial charge in [-0.15, -0.1) is 0 Å². The summed E-state index contributed by atoms with van der Waals surface area (Å²) < 4.78 is 0. The van der Waals surface area contributed by atoms with Crippen LogP contribution in [-0.2, 0) is 0 Å². The van der Waals surface area contributed by atoms with E-state index in [0.717, 1.165) is 16.3 Å². The van der Waals surface area contributed by atoms with Crippen LogP contribution in [0.4, 0.5) is 5.69 Å². The van der Waals surface area contributed by atoms with Gasteiger partial charge in [-0.25, -0.2) is 0 Å².